The van der Waals surface area contributed by atoms with E-state index < -0.39 is 5.60 Å². The van der Waals surface area contributed by atoms with Crippen LogP contribution in [0.15, 0.2) is 0 Å². The third-order valence-electron chi connectivity index (χ3n) is 9.13. The summed E-state index contributed by atoms with van der Waals surface area (Å²) in [6, 6.07) is 0. The highest BCUT2D eigenvalue weighted by Crippen LogP contribution is 2.63. The number of hydrogen-bond acceptors (Lipinski definition) is 3. The summed E-state index contributed by atoms with van der Waals surface area (Å²) in [4.78, 5) is 17.9. The van der Waals surface area contributed by atoms with Crippen LogP contribution in [0.1, 0.15) is 77.0 Å². The Hall–Kier alpha value is -0.610. The number of nitrogens with zero attached hydrogens (tertiary/aromatic N) is 2. The van der Waals surface area contributed by atoms with Gasteiger partial charge in [0.2, 0.25) is 5.91 Å². The zero-order valence-corrected chi connectivity index (χ0v) is 17.2. The molecule has 2 atom stereocenters. The summed E-state index contributed by atoms with van der Waals surface area (Å²) in [7, 11) is 2.25. The van der Waals surface area contributed by atoms with Crippen molar-refractivity contribution >= 4 is 5.91 Å². The van der Waals surface area contributed by atoms with Gasteiger partial charge >= 0.3 is 0 Å². The van der Waals surface area contributed by atoms with Crippen LogP contribution in [0.4, 0.5) is 0 Å². The highest BCUT2D eigenvalue weighted by Gasteiger charge is 2.57. The molecule has 2 saturated heterocycles. The molecule has 4 heteroatoms. The standard InChI is InChI=1S/C23H38N2O2/c1-24-7-2-3-21(4-8-24)5-9-25(10-6-21)20(26)16-22-12-18-11-19(13-22)15-23(27,14-18)17-22/h18-19,27H,2-17H2,1H3/t18-,19-,22?,23?/m1/s1. The van der Waals surface area contributed by atoms with E-state index in [2.05, 4.69) is 16.8 Å². The summed E-state index contributed by atoms with van der Waals surface area (Å²) in [5.74, 6) is 1.74. The summed E-state index contributed by atoms with van der Waals surface area (Å²) >= 11 is 0. The van der Waals surface area contributed by atoms with Gasteiger partial charge < -0.3 is 14.9 Å². The van der Waals surface area contributed by atoms with Gasteiger partial charge in [0.15, 0.2) is 0 Å². The van der Waals surface area contributed by atoms with Crippen molar-refractivity contribution < 1.29 is 9.90 Å². The Bertz CT molecular complexity index is 581. The lowest BCUT2D eigenvalue weighted by Crippen LogP contribution is -2.57. The topological polar surface area (TPSA) is 43.8 Å². The normalized spacial score (nSPS) is 43.9. The van der Waals surface area contributed by atoms with E-state index in [0.717, 1.165) is 32.4 Å². The van der Waals surface area contributed by atoms with Gasteiger partial charge in [0.1, 0.15) is 0 Å². The predicted octanol–water partition coefficient (Wildman–Crippen LogP) is 3.43. The van der Waals surface area contributed by atoms with Crippen LogP contribution < -0.4 is 0 Å². The zero-order valence-electron chi connectivity index (χ0n) is 17.2. The number of amides is 1. The van der Waals surface area contributed by atoms with E-state index in [0.29, 0.717) is 29.6 Å². The maximum atomic E-state index is 13.2. The Balaban J connectivity index is 1.21. The molecule has 0 aromatic heterocycles. The molecule has 1 amide bonds. The molecule has 4 bridgehead atoms. The van der Waals surface area contributed by atoms with Gasteiger partial charge in [0.05, 0.1) is 5.60 Å². The average molecular weight is 375 g/mol. The van der Waals surface area contributed by atoms with Crippen molar-refractivity contribution in [1.82, 2.24) is 9.80 Å². The highest BCUT2D eigenvalue weighted by atomic mass is 16.3. The van der Waals surface area contributed by atoms with Crippen LogP contribution in [0.2, 0.25) is 0 Å². The fraction of sp³-hybridized carbons (Fsp3) is 0.957. The monoisotopic (exact) mass is 374 g/mol. The van der Waals surface area contributed by atoms with Gasteiger partial charge in [-0.1, -0.05) is 0 Å². The molecule has 4 nitrogen and oxygen atoms in total. The quantitative estimate of drug-likeness (QED) is 0.805. The van der Waals surface area contributed by atoms with Crippen molar-refractivity contribution in [3.8, 4) is 0 Å². The molecule has 1 N–H and O–H groups in total. The van der Waals surface area contributed by atoms with Crippen molar-refractivity contribution in [1.29, 1.82) is 0 Å². The van der Waals surface area contributed by atoms with E-state index in [1.165, 1.54) is 64.5 Å². The van der Waals surface area contributed by atoms with Crippen molar-refractivity contribution in [2.24, 2.45) is 22.7 Å². The van der Waals surface area contributed by atoms with Crippen LogP contribution in [-0.2, 0) is 4.79 Å². The summed E-state index contributed by atoms with van der Waals surface area (Å²) in [5.41, 5.74) is 0.177. The van der Waals surface area contributed by atoms with Gasteiger partial charge in [-0.3, -0.25) is 4.79 Å². The van der Waals surface area contributed by atoms with Gasteiger partial charge in [0, 0.05) is 19.5 Å². The van der Waals surface area contributed by atoms with E-state index in [4.69, 9.17) is 0 Å². The number of hydrogen-bond donors (Lipinski definition) is 1. The molecule has 0 unspecified atom stereocenters. The number of carbonyl (C=O) groups excluding carboxylic acids is 1. The summed E-state index contributed by atoms with van der Waals surface area (Å²) in [6.07, 6.45) is 13.7. The second-order valence-corrected chi connectivity index (χ2v) is 11.4. The number of likely N-dealkylation sites (tertiary alicyclic amines) is 2. The summed E-state index contributed by atoms with van der Waals surface area (Å²) in [5, 5.41) is 11.0. The van der Waals surface area contributed by atoms with Crippen LogP contribution in [0.3, 0.4) is 0 Å². The second-order valence-electron chi connectivity index (χ2n) is 11.4. The molecule has 0 radical (unpaired) electrons. The third-order valence-corrected chi connectivity index (χ3v) is 9.13. The number of aliphatic hydroxyl groups is 1. The fourth-order valence-corrected chi connectivity index (χ4v) is 8.16. The van der Waals surface area contributed by atoms with Crippen molar-refractivity contribution in [2.75, 3.05) is 33.2 Å². The Morgan fingerprint density at radius 2 is 1.63 bits per heavy atom. The lowest BCUT2D eigenvalue weighted by Gasteiger charge is -2.60. The molecule has 152 valence electrons. The Morgan fingerprint density at radius 1 is 0.963 bits per heavy atom. The molecule has 2 heterocycles. The molecule has 0 aromatic carbocycles. The summed E-state index contributed by atoms with van der Waals surface area (Å²) in [6.45, 7) is 4.39. The lowest BCUT2D eigenvalue weighted by atomic mass is 9.47. The van der Waals surface area contributed by atoms with Gasteiger partial charge in [-0.15, -0.1) is 0 Å². The molecule has 6 fully saturated rings. The van der Waals surface area contributed by atoms with E-state index >= 15 is 0 Å². The highest BCUT2D eigenvalue weighted by molar-refractivity contribution is 5.77. The lowest BCUT2D eigenvalue weighted by molar-refractivity contribution is -0.172. The molecule has 6 aliphatic rings. The smallest absolute Gasteiger partial charge is 0.223 e. The number of rotatable bonds is 2. The van der Waals surface area contributed by atoms with Crippen molar-refractivity contribution in [3.63, 3.8) is 0 Å². The van der Waals surface area contributed by atoms with Crippen LogP contribution >= 0.6 is 0 Å². The zero-order chi connectivity index (χ0) is 18.7. The first-order chi connectivity index (χ1) is 12.9. The van der Waals surface area contributed by atoms with Crippen molar-refractivity contribution in [2.45, 2.75) is 82.7 Å². The van der Waals surface area contributed by atoms with E-state index in [-0.39, 0.29) is 5.41 Å². The molecule has 1 spiro atoms. The van der Waals surface area contributed by atoms with Crippen LogP contribution in [0.25, 0.3) is 0 Å². The molecular weight excluding hydrogens is 336 g/mol. The predicted molar refractivity (Wildman–Crippen MR) is 106 cm³/mol. The van der Waals surface area contributed by atoms with E-state index in [9.17, 15) is 9.90 Å². The SMILES string of the molecule is CN1CCCC2(CC1)CCN(C(=O)CC13C[C@H]4C[C@@H](CC(O)(C4)C1)C3)CC2. The van der Waals surface area contributed by atoms with Crippen LogP contribution in [0.5, 0.6) is 0 Å². The second kappa shape index (κ2) is 6.45. The minimum absolute atomic E-state index is 0.121. The fourth-order valence-electron chi connectivity index (χ4n) is 8.16. The molecule has 6 rings (SSSR count). The average Bonchev–Trinajstić information content (AvgIpc) is 2.75. The van der Waals surface area contributed by atoms with Crippen LogP contribution in [0, 0.1) is 22.7 Å². The van der Waals surface area contributed by atoms with Gasteiger partial charge in [-0.25, -0.2) is 0 Å². The number of carbonyl (C=O) groups is 1. The first-order valence-corrected chi connectivity index (χ1v) is 11.6. The molecule has 4 aliphatic carbocycles. The molecule has 27 heavy (non-hydrogen) atoms. The van der Waals surface area contributed by atoms with Gasteiger partial charge in [-0.2, -0.15) is 0 Å². The first-order valence-electron chi connectivity index (χ1n) is 11.6. The number of piperidine rings is 1. The minimum atomic E-state index is -0.442. The molecule has 4 saturated carbocycles. The Kier molecular flexibility index (Phi) is 4.40. The maximum Gasteiger partial charge on any atom is 0.223 e. The summed E-state index contributed by atoms with van der Waals surface area (Å²) < 4.78 is 0. The largest absolute Gasteiger partial charge is 0.390 e. The van der Waals surface area contributed by atoms with Gasteiger partial charge in [-0.05, 0) is 113 Å². The molecule has 2 aliphatic heterocycles. The van der Waals surface area contributed by atoms with Crippen LogP contribution in [-0.4, -0.2) is 59.6 Å². The Morgan fingerprint density at radius 3 is 2.30 bits per heavy atom. The van der Waals surface area contributed by atoms with E-state index in [1.807, 2.05) is 0 Å². The van der Waals surface area contributed by atoms with Gasteiger partial charge in [0.25, 0.3) is 0 Å². The Labute approximate surface area is 164 Å². The minimum Gasteiger partial charge on any atom is -0.390 e. The third kappa shape index (κ3) is 3.46. The molecule has 0 aromatic rings. The van der Waals surface area contributed by atoms with Crippen molar-refractivity contribution in [3.05, 3.63) is 0 Å². The maximum absolute atomic E-state index is 13.2. The molecular formula is C23H38N2O2. The first kappa shape index (κ1) is 18.4. The van der Waals surface area contributed by atoms with E-state index in [1.54, 1.807) is 0 Å².